The predicted molar refractivity (Wildman–Crippen MR) is 78.4 cm³/mol. The average Bonchev–Trinajstić information content (AvgIpc) is 2.34. The normalized spacial score (nSPS) is 11.2. The zero-order valence-corrected chi connectivity index (χ0v) is 12.8. The van der Waals surface area contributed by atoms with Crippen LogP contribution in [-0.2, 0) is 11.3 Å². The molecule has 0 unspecified atom stereocenters. The quantitative estimate of drug-likeness (QED) is 0.813. The van der Waals surface area contributed by atoms with Gasteiger partial charge >= 0.3 is 6.09 Å². The number of carbonyl (C=O) groups excluding carboxylic acids is 1. The predicted octanol–water partition coefficient (Wildman–Crippen LogP) is 4.09. The van der Waals surface area contributed by atoms with E-state index < -0.39 is 18.4 Å². The van der Waals surface area contributed by atoms with Gasteiger partial charge in [-0.2, -0.15) is 0 Å². The molecule has 0 radical (unpaired) electrons. The Morgan fingerprint density at radius 3 is 2.35 bits per heavy atom. The van der Waals surface area contributed by atoms with Crippen molar-refractivity contribution in [2.75, 3.05) is 13.2 Å². The van der Waals surface area contributed by atoms with Gasteiger partial charge in [0.25, 0.3) is 0 Å². The second-order valence-corrected chi connectivity index (χ2v) is 5.93. The Bertz CT molecular complexity index is 423. The summed E-state index contributed by atoms with van der Waals surface area (Å²) in [4.78, 5) is 13.7. The van der Waals surface area contributed by atoms with Crippen LogP contribution in [0.1, 0.15) is 38.3 Å². The molecule has 0 saturated heterocycles. The molecule has 0 N–H and O–H groups in total. The minimum atomic E-state index is -0.543. The first-order valence-corrected chi connectivity index (χ1v) is 6.91. The van der Waals surface area contributed by atoms with Crippen LogP contribution in [0.4, 0.5) is 9.18 Å². The Hall–Kier alpha value is -1.58. The second-order valence-electron chi connectivity index (χ2n) is 5.93. The molecule has 0 fully saturated rings. The molecule has 3 nitrogen and oxygen atoms in total. The number of nitrogens with zero attached hydrogens (tertiary/aromatic N) is 1. The van der Waals surface area contributed by atoms with Crippen LogP contribution in [0.15, 0.2) is 24.3 Å². The molecule has 1 aromatic rings. The molecule has 4 heteroatoms. The van der Waals surface area contributed by atoms with Crippen LogP contribution >= 0.6 is 0 Å². The van der Waals surface area contributed by atoms with Crippen molar-refractivity contribution < 1.29 is 13.9 Å². The van der Waals surface area contributed by atoms with Crippen molar-refractivity contribution in [3.63, 3.8) is 0 Å². The van der Waals surface area contributed by atoms with E-state index in [0.29, 0.717) is 19.5 Å². The number of ether oxygens (including phenoxy) is 1. The Morgan fingerprint density at radius 1 is 1.25 bits per heavy atom. The van der Waals surface area contributed by atoms with Gasteiger partial charge in [0.15, 0.2) is 0 Å². The van der Waals surface area contributed by atoms with E-state index in [1.54, 1.807) is 4.90 Å². The molecule has 0 bridgehead atoms. The highest BCUT2D eigenvalue weighted by molar-refractivity contribution is 5.68. The third kappa shape index (κ3) is 6.04. The molecule has 0 atom stereocenters. The fraction of sp³-hybridized carbons (Fsp3) is 0.562. The number of hydrogen-bond acceptors (Lipinski definition) is 2. The lowest BCUT2D eigenvalue weighted by Crippen LogP contribution is -2.37. The lowest BCUT2D eigenvalue weighted by atomic mass is 10.1. The van der Waals surface area contributed by atoms with E-state index in [9.17, 15) is 9.18 Å². The van der Waals surface area contributed by atoms with E-state index in [4.69, 9.17) is 4.74 Å². The molecule has 0 heterocycles. The molecule has 0 aliphatic carbocycles. The average molecular weight is 281 g/mol. The molecule has 112 valence electrons. The van der Waals surface area contributed by atoms with Crippen LogP contribution in [0.3, 0.4) is 0 Å². The molecule has 0 aromatic heterocycles. The molecule has 1 amide bonds. The highest BCUT2D eigenvalue weighted by Crippen LogP contribution is 2.13. The van der Waals surface area contributed by atoms with Crippen LogP contribution in [-0.4, -0.2) is 29.8 Å². The van der Waals surface area contributed by atoms with E-state index >= 15 is 0 Å². The van der Waals surface area contributed by atoms with E-state index in [1.807, 2.05) is 52.0 Å². The summed E-state index contributed by atoms with van der Waals surface area (Å²) in [6.07, 6.45) is -0.0722. The summed E-state index contributed by atoms with van der Waals surface area (Å²) < 4.78 is 17.7. The van der Waals surface area contributed by atoms with E-state index in [-0.39, 0.29) is 0 Å². The maximum atomic E-state index is 12.4. The SMILES string of the molecule is Cc1ccc(CN(CCCF)C(=O)OC(C)(C)C)cc1. The number of aryl methyl sites for hydroxylation is 1. The summed E-state index contributed by atoms with van der Waals surface area (Å²) in [5, 5.41) is 0. The number of alkyl halides is 1. The van der Waals surface area contributed by atoms with Gasteiger partial charge < -0.3 is 9.64 Å². The van der Waals surface area contributed by atoms with E-state index in [1.165, 1.54) is 5.56 Å². The minimum absolute atomic E-state index is 0.325. The first-order chi connectivity index (χ1) is 9.31. The van der Waals surface area contributed by atoms with Crippen LogP contribution in [0, 0.1) is 6.92 Å². The maximum absolute atomic E-state index is 12.4. The smallest absolute Gasteiger partial charge is 0.410 e. The molecule has 0 spiro atoms. The molecular formula is C16H24FNO2. The summed E-state index contributed by atoms with van der Waals surface area (Å²) in [6.45, 7) is 7.85. The Kier molecular flexibility index (Phi) is 5.99. The second kappa shape index (κ2) is 7.27. The topological polar surface area (TPSA) is 29.5 Å². The van der Waals surface area contributed by atoms with Crippen LogP contribution in [0.5, 0.6) is 0 Å². The van der Waals surface area contributed by atoms with Crippen LogP contribution in [0.2, 0.25) is 0 Å². The monoisotopic (exact) mass is 281 g/mol. The van der Waals surface area contributed by atoms with Crippen molar-refractivity contribution in [3.8, 4) is 0 Å². The Morgan fingerprint density at radius 2 is 1.85 bits per heavy atom. The summed E-state index contributed by atoms with van der Waals surface area (Å²) >= 11 is 0. The Balaban J connectivity index is 2.73. The van der Waals surface area contributed by atoms with Crippen molar-refractivity contribution in [1.29, 1.82) is 0 Å². The van der Waals surface area contributed by atoms with Gasteiger partial charge in [0.2, 0.25) is 0 Å². The number of hydrogen-bond donors (Lipinski definition) is 0. The molecule has 0 aliphatic heterocycles. The zero-order chi connectivity index (χ0) is 15.2. The van der Waals surface area contributed by atoms with Gasteiger partial charge in [-0.3, -0.25) is 4.39 Å². The van der Waals surface area contributed by atoms with E-state index in [0.717, 1.165) is 5.56 Å². The lowest BCUT2D eigenvalue weighted by molar-refractivity contribution is 0.0229. The standard InChI is InChI=1S/C16H24FNO2/c1-13-6-8-14(9-7-13)12-18(11-5-10-17)15(19)20-16(2,3)4/h6-9H,5,10-12H2,1-4H3. The fourth-order valence-electron chi connectivity index (χ4n) is 1.73. The minimum Gasteiger partial charge on any atom is -0.444 e. The third-order valence-electron chi connectivity index (χ3n) is 2.71. The first kappa shape index (κ1) is 16.5. The summed E-state index contributed by atoms with van der Waals surface area (Å²) in [6, 6.07) is 7.94. The summed E-state index contributed by atoms with van der Waals surface area (Å²) in [7, 11) is 0. The maximum Gasteiger partial charge on any atom is 0.410 e. The summed E-state index contributed by atoms with van der Waals surface area (Å²) in [5.74, 6) is 0. The van der Waals surface area contributed by atoms with Gasteiger partial charge in [-0.15, -0.1) is 0 Å². The van der Waals surface area contributed by atoms with E-state index in [2.05, 4.69) is 0 Å². The van der Waals surface area contributed by atoms with Gasteiger partial charge in [0, 0.05) is 13.1 Å². The Labute approximate surface area is 120 Å². The number of benzene rings is 1. The number of halogens is 1. The largest absolute Gasteiger partial charge is 0.444 e. The zero-order valence-electron chi connectivity index (χ0n) is 12.8. The fourth-order valence-corrected chi connectivity index (χ4v) is 1.73. The van der Waals surface area contributed by atoms with Gasteiger partial charge in [0.05, 0.1) is 6.67 Å². The van der Waals surface area contributed by atoms with Crippen molar-refractivity contribution >= 4 is 6.09 Å². The van der Waals surface area contributed by atoms with Crippen molar-refractivity contribution in [2.24, 2.45) is 0 Å². The molecule has 0 saturated carbocycles. The number of rotatable bonds is 5. The van der Waals surface area contributed by atoms with Crippen LogP contribution in [0.25, 0.3) is 0 Å². The van der Waals surface area contributed by atoms with Crippen molar-refractivity contribution in [1.82, 2.24) is 4.90 Å². The first-order valence-electron chi connectivity index (χ1n) is 6.91. The van der Waals surface area contributed by atoms with Gasteiger partial charge in [-0.25, -0.2) is 4.79 Å². The van der Waals surface area contributed by atoms with Gasteiger partial charge in [-0.05, 0) is 39.7 Å². The highest BCUT2D eigenvalue weighted by Gasteiger charge is 2.21. The third-order valence-corrected chi connectivity index (χ3v) is 2.71. The lowest BCUT2D eigenvalue weighted by Gasteiger charge is -2.27. The molecule has 0 aliphatic rings. The summed E-state index contributed by atoms with van der Waals surface area (Å²) in [5.41, 5.74) is 1.64. The van der Waals surface area contributed by atoms with Gasteiger partial charge in [-0.1, -0.05) is 29.8 Å². The van der Waals surface area contributed by atoms with Gasteiger partial charge in [0.1, 0.15) is 5.60 Å². The molecule has 1 rings (SSSR count). The highest BCUT2D eigenvalue weighted by atomic mass is 19.1. The van der Waals surface area contributed by atoms with Crippen molar-refractivity contribution in [3.05, 3.63) is 35.4 Å². The molecular weight excluding hydrogens is 257 g/mol. The van der Waals surface area contributed by atoms with Crippen LogP contribution < -0.4 is 0 Å². The van der Waals surface area contributed by atoms with Crippen molar-refractivity contribution in [2.45, 2.75) is 46.3 Å². The molecule has 20 heavy (non-hydrogen) atoms. The number of carbonyl (C=O) groups is 1. The molecule has 1 aromatic carbocycles. The number of amides is 1.